The van der Waals surface area contributed by atoms with Gasteiger partial charge in [0, 0.05) is 29.7 Å². The van der Waals surface area contributed by atoms with Gasteiger partial charge in [-0.25, -0.2) is 9.97 Å². The maximum absolute atomic E-state index is 4.36. The fourth-order valence-electron chi connectivity index (χ4n) is 1.05. The van der Waals surface area contributed by atoms with E-state index >= 15 is 0 Å². The molecule has 0 aliphatic rings. The van der Waals surface area contributed by atoms with E-state index in [2.05, 4.69) is 19.7 Å². The molecule has 0 radical (unpaired) electrons. The zero-order valence-corrected chi connectivity index (χ0v) is 9.58. The Bertz CT molecular complexity index is 420. The Morgan fingerprint density at radius 3 is 2.86 bits per heavy atom. The van der Waals surface area contributed by atoms with Gasteiger partial charge in [-0.15, -0.1) is 11.3 Å². The molecule has 2 aromatic rings. The summed E-state index contributed by atoms with van der Waals surface area (Å²) >= 11 is 3.03. The first kappa shape index (κ1) is 9.54. The predicted molar refractivity (Wildman–Crippen MR) is 59.1 cm³/mol. The van der Waals surface area contributed by atoms with Gasteiger partial charge in [-0.05, 0) is 6.92 Å². The van der Waals surface area contributed by atoms with E-state index in [-0.39, 0.29) is 0 Å². The molecule has 14 heavy (non-hydrogen) atoms. The second-order valence-corrected chi connectivity index (χ2v) is 4.52. The third-order valence-corrected chi connectivity index (χ3v) is 3.39. The molecule has 6 heteroatoms. The molecule has 0 saturated heterocycles. The normalized spacial score (nSPS) is 10.4. The van der Waals surface area contributed by atoms with Crippen LogP contribution < -0.4 is 5.32 Å². The summed E-state index contributed by atoms with van der Waals surface area (Å²) in [5.74, 6) is 0.841. The number of thiazole rings is 1. The first-order chi connectivity index (χ1) is 6.78. The monoisotopic (exact) mass is 226 g/mol. The number of rotatable bonds is 3. The van der Waals surface area contributed by atoms with Gasteiger partial charge in [0.1, 0.15) is 5.01 Å². The molecule has 0 aliphatic carbocycles. The maximum atomic E-state index is 4.36. The molecule has 0 unspecified atom stereocenters. The summed E-state index contributed by atoms with van der Waals surface area (Å²) < 4.78 is 4.23. The second kappa shape index (κ2) is 4.02. The molecule has 74 valence electrons. The Balaban J connectivity index is 2.10. The number of aryl methyl sites for hydroxylation is 1. The Morgan fingerprint density at radius 2 is 2.29 bits per heavy atom. The van der Waals surface area contributed by atoms with E-state index in [1.54, 1.807) is 11.3 Å². The van der Waals surface area contributed by atoms with Crippen LogP contribution in [-0.2, 0) is 6.42 Å². The minimum absolute atomic E-state index is 0.733. The standard InChI is InChI=1S/C8H10N4S2/c1-5-4-13-7(10-5)3-6-11-8(9-2)14-12-6/h4H,3H2,1-2H3,(H,9,11,12). The molecular formula is C8H10N4S2. The molecule has 2 rings (SSSR count). The molecule has 0 saturated carbocycles. The van der Waals surface area contributed by atoms with E-state index < -0.39 is 0 Å². The molecule has 1 N–H and O–H groups in total. The summed E-state index contributed by atoms with van der Waals surface area (Å²) in [7, 11) is 1.85. The molecule has 2 heterocycles. The zero-order chi connectivity index (χ0) is 9.97. The topological polar surface area (TPSA) is 50.7 Å². The highest BCUT2D eigenvalue weighted by atomic mass is 32.1. The van der Waals surface area contributed by atoms with Crippen LogP contribution in [0.25, 0.3) is 0 Å². The molecule has 0 spiro atoms. The average molecular weight is 226 g/mol. The average Bonchev–Trinajstić information content (AvgIpc) is 2.76. The fourth-order valence-corrected chi connectivity index (χ4v) is 2.35. The van der Waals surface area contributed by atoms with Crippen molar-refractivity contribution in [2.75, 3.05) is 12.4 Å². The first-order valence-electron chi connectivity index (χ1n) is 4.19. The lowest BCUT2D eigenvalue weighted by molar-refractivity contribution is 1.01. The Kier molecular flexibility index (Phi) is 2.74. The Labute approximate surface area is 90.2 Å². The zero-order valence-electron chi connectivity index (χ0n) is 7.94. The molecule has 0 atom stereocenters. The van der Waals surface area contributed by atoms with Crippen LogP contribution >= 0.6 is 22.9 Å². The van der Waals surface area contributed by atoms with Crippen LogP contribution in [-0.4, -0.2) is 21.4 Å². The number of aromatic nitrogens is 3. The molecule has 0 bridgehead atoms. The molecule has 0 aliphatic heterocycles. The van der Waals surface area contributed by atoms with Crippen LogP contribution in [0.4, 0.5) is 5.13 Å². The van der Waals surface area contributed by atoms with E-state index in [9.17, 15) is 0 Å². The van der Waals surface area contributed by atoms with E-state index in [0.29, 0.717) is 0 Å². The minimum atomic E-state index is 0.733. The van der Waals surface area contributed by atoms with Crippen molar-refractivity contribution in [2.24, 2.45) is 0 Å². The molecule has 0 fully saturated rings. The van der Waals surface area contributed by atoms with E-state index in [1.165, 1.54) is 11.5 Å². The highest BCUT2D eigenvalue weighted by Gasteiger charge is 2.06. The van der Waals surface area contributed by atoms with Gasteiger partial charge >= 0.3 is 0 Å². The molecule has 0 amide bonds. The largest absolute Gasteiger partial charge is 0.363 e. The van der Waals surface area contributed by atoms with Crippen LogP contribution in [0.5, 0.6) is 0 Å². The van der Waals surface area contributed by atoms with Gasteiger partial charge in [0.05, 0.1) is 6.42 Å². The quantitative estimate of drug-likeness (QED) is 0.869. The number of hydrogen-bond acceptors (Lipinski definition) is 6. The SMILES string of the molecule is CNc1nc(Cc2nc(C)cs2)ns1. The van der Waals surface area contributed by atoms with E-state index in [4.69, 9.17) is 0 Å². The Hall–Kier alpha value is -1.01. The third kappa shape index (κ3) is 2.08. The number of nitrogens with one attached hydrogen (secondary N) is 1. The van der Waals surface area contributed by atoms with Crippen LogP contribution in [0.3, 0.4) is 0 Å². The second-order valence-electron chi connectivity index (χ2n) is 2.83. The lowest BCUT2D eigenvalue weighted by Gasteiger charge is -1.89. The van der Waals surface area contributed by atoms with Crippen molar-refractivity contribution in [3.63, 3.8) is 0 Å². The number of hydrogen-bond donors (Lipinski definition) is 1. The van der Waals surface area contributed by atoms with Crippen LogP contribution in [0.15, 0.2) is 5.38 Å². The van der Waals surface area contributed by atoms with Gasteiger partial charge in [0.25, 0.3) is 0 Å². The van der Waals surface area contributed by atoms with Crippen LogP contribution in [0.1, 0.15) is 16.5 Å². The summed E-state index contributed by atoms with van der Waals surface area (Å²) in [5.41, 5.74) is 1.06. The van der Waals surface area contributed by atoms with Crippen molar-refractivity contribution in [1.29, 1.82) is 0 Å². The highest BCUT2D eigenvalue weighted by molar-refractivity contribution is 7.10. The van der Waals surface area contributed by atoms with Gasteiger partial charge in [0.15, 0.2) is 5.82 Å². The summed E-state index contributed by atoms with van der Waals surface area (Å²) in [6.07, 6.45) is 0.733. The summed E-state index contributed by atoms with van der Waals surface area (Å²) in [6.45, 7) is 1.99. The lowest BCUT2D eigenvalue weighted by Crippen LogP contribution is -1.91. The summed E-state index contributed by atoms with van der Waals surface area (Å²) in [6, 6.07) is 0. The van der Waals surface area contributed by atoms with Gasteiger partial charge in [-0.3, -0.25) is 0 Å². The first-order valence-corrected chi connectivity index (χ1v) is 5.84. The minimum Gasteiger partial charge on any atom is -0.363 e. The van der Waals surface area contributed by atoms with Crippen LogP contribution in [0, 0.1) is 6.92 Å². The van der Waals surface area contributed by atoms with Crippen molar-refractivity contribution in [1.82, 2.24) is 14.3 Å². The molecule has 0 aromatic carbocycles. The van der Waals surface area contributed by atoms with Crippen LogP contribution in [0.2, 0.25) is 0 Å². The van der Waals surface area contributed by atoms with Crippen molar-refractivity contribution in [3.05, 3.63) is 21.9 Å². The van der Waals surface area contributed by atoms with Gasteiger partial charge in [-0.1, -0.05) is 0 Å². The lowest BCUT2D eigenvalue weighted by atomic mass is 10.4. The van der Waals surface area contributed by atoms with Crippen molar-refractivity contribution in [3.8, 4) is 0 Å². The maximum Gasteiger partial charge on any atom is 0.202 e. The summed E-state index contributed by atoms with van der Waals surface area (Å²) in [4.78, 5) is 8.66. The van der Waals surface area contributed by atoms with E-state index in [1.807, 2.05) is 19.4 Å². The fraction of sp³-hybridized carbons (Fsp3) is 0.375. The van der Waals surface area contributed by atoms with Gasteiger partial charge in [0.2, 0.25) is 5.13 Å². The molecule has 4 nitrogen and oxygen atoms in total. The highest BCUT2D eigenvalue weighted by Crippen LogP contribution is 2.15. The van der Waals surface area contributed by atoms with Gasteiger partial charge in [-0.2, -0.15) is 4.37 Å². The van der Waals surface area contributed by atoms with Crippen molar-refractivity contribution in [2.45, 2.75) is 13.3 Å². The van der Waals surface area contributed by atoms with Gasteiger partial charge < -0.3 is 5.32 Å². The summed E-state index contributed by atoms with van der Waals surface area (Å²) in [5, 5.41) is 6.94. The van der Waals surface area contributed by atoms with E-state index in [0.717, 1.165) is 28.1 Å². The van der Waals surface area contributed by atoms with Crippen molar-refractivity contribution >= 4 is 28.0 Å². The molecular weight excluding hydrogens is 216 g/mol. The number of nitrogens with zero attached hydrogens (tertiary/aromatic N) is 3. The Morgan fingerprint density at radius 1 is 1.43 bits per heavy atom. The third-order valence-electron chi connectivity index (χ3n) is 1.66. The molecule has 2 aromatic heterocycles. The van der Waals surface area contributed by atoms with Crippen molar-refractivity contribution < 1.29 is 0 Å². The predicted octanol–water partition coefficient (Wildman–Crippen LogP) is 1.94. The smallest absolute Gasteiger partial charge is 0.202 e. The number of anilines is 1.